The highest BCUT2D eigenvalue weighted by molar-refractivity contribution is 6.31. The maximum atomic E-state index is 12.4. The maximum absolute atomic E-state index is 12.4. The molecule has 9 heteroatoms. The van der Waals surface area contributed by atoms with Gasteiger partial charge < -0.3 is 15.0 Å². The van der Waals surface area contributed by atoms with Gasteiger partial charge in [-0.2, -0.15) is 0 Å². The van der Waals surface area contributed by atoms with Crippen LogP contribution in [0.5, 0.6) is 5.75 Å². The van der Waals surface area contributed by atoms with Crippen molar-refractivity contribution < 1.29 is 9.53 Å². The van der Waals surface area contributed by atoms with Crippen LogP contribution in [0.2, 0.25) is 5.02 Å². The van der Waals surface area contributed by atoms with Crippen LogP contribution in [0.3, 0.4) is 0 Å². The summed E-state index contributed by atoms with van der Waals surface area (Å²) in [4.78, 5) is 31.5. The molecule has 0 aliphatic carbocycles. The smallest absolute Gasteiger partial charge is 0.273 e. The molecule has 2 heterocycles. The topological polar surface area (TPSA) is 110 Å². The van der Waals surface area contributed by atoms with Crippen molar-refractivity contribution in [1.29, 1.82) is 0 Å². The van der Waals surface area contributed by atoms with E-state index in [0.29, 0.717) is 41.7 Å². The van der Waals surface area contributed by atoms with Crippen molar-refractivity contribution in [3.63, 3.8) is 0 Å². The molecular formula is C26H24ClN5O3. The molecule has 0 saturated carbocycles. The quantitative estimate of drug-likeness (QED) is 0.351. The molecule has 0 aliphatic heterocycles. The largest absolute Gasteiger partial charge is 0.489 e. The fourth-order valence-corrected chi connectivity index (χ4v) is 3.53. The van der Waals surface area contributed by atoms with Gasteiger partial charge in [0.25, 0.3) is 5.56 Å². The fraction of sp³-hybridized carbons (Fsp3) is 0.192. The molecule has 4 rings (SSSR count). The first kappa shape index (κ1) is 24.1. The summed E-state index contributed by atoms with van der Waals surface area (Å²) in [5.41, 5.74) is 2.35. The van der Waals surface area contributed by atoms with Crippen molar-refractivity contribution in [3.8, 4) is 17.1 Å². The van der Waals surface area contributed by atoms with Gasteiger partial charge in [-0.25, -0.2) is 0 Å². The molecule has 35 heavy (non-hydrogen) atoms. The van der Waals surface area contributed by atoms with Crippen LogP contribution in [0, 0.1) is 0 Å². The first-order valence-electron chi connectivity index (χ1n) is 11.2. The lowest BCUT2D eigenvalue weighted by Gasteiger charge is -2.08. The molecule has 1 amide bonds. The van der Waals surface area contributed by atoms with Gasteiger partial charge in [-0.15, -0.1) is 10.2 Å². The van der Waals surface area contributed by atoms with Crippen LogP contribution in [0.15, 0.2) is 77.7 Å². The average molecular weight is 490 g/mol. The van der Waals surface area contributed by atoms with Crippen molar-refractivity contribution in [1.82, 2.24) is 25.5 Å². The monoisotopic (exact) mass is 489 g/mol. The highest BCUT2D eigenvalue weighted by Gasteiger charge is 2.10. The third-order valence-corrected chi connectivity index (χ3v) is 5.63. The van der Waals surface area contributed by atoms with E-state index in [4.69, 9.17) is 16.3 Å². The lowest BCUT2D eigenvalue weighted by Crippen LogP contribution is -2.27. The lowest BCUT2D eigenvalue weighted by molar-refractivity contribution is -0.121. The Kier molecular flexibility index (Phi) is 8.19. The van der Waals surface area contributed by atoms with E-state index in [2.05, 4.69) is 25.5 Å². The number of H-pyrrole nitrogens is 1. The number of benzene rings is 2. The molecule has 2 aromatic heterocycles. The summed E-state index contributed by atoms with van der Waals surface area (Å²) in [7, 11) is 0. The van der Waals surface area contributed by atoms with Crippen LogP contribution in [-0.2, 0) is 24.2 Å². The second-order valence-electron chi connectivity index (χ2n) is 7.77. The number of halogens is 1. The molecule has 2 aromatic carbocycles. The Morgan fingerprint density at radius 2 is 1.77 bits per heavy atom. The number of aromatic amines is 1. The molecule has 0 aliphatic rings. The third-order valence-electron chi connectivity index (χ3n) is 5.26. The Morgan fingerprint density at radius 1 is 0.971 bits per heavy atom. The summed E-state index contributed by atoms with van der Waals surface area (Å²) in [6.07, 6.45) is 2.71. The van der Waals surface area contributed by atoms with Crippen LogP contribution in [0.25, 0.3) is 11.4 Å². The molecule has 0 atom stereocenters. The zero-order valence-electron chi connectivity index (χ0n) is 18.9. The van der Waals surface area contributed by atoms with Gasteiger partial charge in [0.1, 0.15) is 18.1 Å². The molecule has 0 unspecified atom stereocenters. The van der Waals surface area contributed by atoms with E-state index < -0.39 is 0 Å². The van der Waals surface area contributed by atoms with Gasteiger partial charge in [0, 0.05) is 53.8 Å². The molecule has 4 aromatic rings. The molecule has 8 nitrogen and oxygen atoms in total. The Balaban J connectivity index is 1.27. The van der Waals surface area contributed by atoms with Crippen LogP contribution in [0.1, 0.15) is 23.4 Å². The van der Waals surface area contributed by atoms with E-state index >= 15 is 0 Å². The molecule has 0 fully saturated rings. The van der Waals surface area contributed by atoms with Crippen LogP contribution in [-0.4, -0.2) is 32.6 Å². The molecule has 0 saturated heterocycles. The Labute approximate surface area is 207 Å². The number of hydrogen-bond donors (Lipinski definition) is 2. The number of amides is 1. The number of ether oxygens (including phenoxy) is 1. The van der Waals surface area contributed by atoms with Crippen molar-refractivity contribution in [3.05, 3.63) is 105 Å². The first-order valence-corrected chi connectivity index (χ1v) is 11.6. The van der Waals surface area contributed by atoms with Gasteiger partial charge in [0.15, 0.2) is 5.82 Å². The minimum Gasteiger partial charge on any atom is -0.489 e. The molecular weight excluding hydrogens is 466 g/mol. The highest BCUT2D eigenvalue weighted by Crippen LogP contribution is 2.21. The van der Waals surface area contributed by atoms with Gasteiger partial charge in [-0.3, -0.25) is 14.6 Å². The first-order chi connectivity index (χ1) is 17.1. The zero-order chi connectivity index (χ0) is 24.5. The lowest BCUT2D eigenvalue weighted by atomic mass is 10.2. The zero-order valence-corrected chi connectivity index (χ0v) is 19.7. The number of hydrogen-bond acceptors (Lipinski definition) is 6. The predicted octanol–water partition coefficient (Wildman–Crippen LogP) is 3.75. The summed E-state index contributed by atoms with van der Waals surface area (Å²) in [5.74, 6) is 0.851. The van der Waals surface area contributed by atoms with Crippen LogP contribution < -0.4 is 15.6 Å². The minimum atomic E-state index is -0.365. The fourth-order valence-electron chi connectivity index (χ4n) is 3.34. The van der Waals surface area contributed by atoms with Crippen molar-refractivity contribution in [2.45, 2.75) is 25.9 Å². The Bertz CT molecular complexity index is 1330. The van der Waals surface area contributed by atoms with E-state index in [1.165, 1.54) is 0 Å². The summed E-state index contributed by atoms with van der Waals surface area (Å²) >= 11 is 6.16. The van der Waals surface area contributed by atoms with E-state index in [1.807, 2.05) is 42.5 Å². The standard InChI is InChI=1S/C26H24ClN5O3/c27-22-7-2-1-5-19(22)17-35-21-10-8-18(9-11-21)25-30-26(34)23(31-32-25)12-13-24(33)29-16-14-20-6-3-4-15-28-20/h1-11,15H,12-14,16-17H2,(H,29,33)(H,30,32,34). The van der Waals surface area contributed by atoms with Crippen molar-refractivity contribution >= 4 is 17.5 Å². The van der Waals surface area contributed by atoms with Crippen molar-refractivity contribution in [2.24, 2.45) is 0 Å². The number of aromatic nitrogens is 4. The van der Waals surface area contributed by atoms with Crippen LogP contribution in [0.4, 0.5) is 0 Å². The molecule has 0 radical (unpaired) electrons. The highest BCUT2D eigenvalue weighted by atomic mass is 35.5. The summed E-state index contributed by atoms with van der Waals surface area (Å²) in [6, 6.07) is 20.3. The molecule has 0 bridgehead atoms. The molecule has 178 valence electrons. The minimum absolute atomic E-state index is 0.150. The Morgan fingerprint density at radius 3 is 2.51 bits per heavy atom. The normalized spacial score (nSPS) is 10.7. The predicted molar refractivity (Wildman–Crippen MR) is 133 cm³/mol. The number of carbonyl (C=O) groups excluding carboxylic acids is 1. The van der Waals surface area contributed by atoms with Gasteiger partial charge >= 0.3 is 0 Å². The average Bonchev–Trinajstić information content (AvgIpc) is 2.88. The van der Waals surface area contributed by atoms with Crippen LogP contribution >= 0.6 is 11.6 Å². The van der Waals surface area contributed by atoms with Gasteiger partial charge in [-0.05, 0) is 42.5 Å². The second kappa shape index (κ2) is 11.9. The summed E-state index contributed by atoms with van der Waals surface area (Å²) < 4.78 is 5.78. The second-order valence-corrected chi connectivity index (χ2v) is 8.18. The van der Waals surface area contributed by atoms with Crippen molar-refractivity contribution in [2.75, 3.05) is 6.54 Å². The number of carbonyl (C=O) groups is 1. The van der Waals surface area contributed by atoms with Gasteiger partial charge in [0.2, 0.25) is 5.91 Å². The van der Waals surface area contributed by atoms with E-state index in [-0.39, 0.29) is 30.0 Å². The molecule has 0 spiro atoms. The van der Waals surface area contributed by atoms with E-state index in [9.17, 15) is 9.59 Å². The maximum Gasteiger partial charge on any atom is 0.273 e. The summed E-state index contributed by atoms with van der Waals surface area (Å²) in [6.45, 7) is 0.829. The van der Waals surface area contributed by atoms with E-state index in [1.54, 1.807) is 30.5 Å². The SMILES string of the molecule is O=C(CCc1nnc(-c2ccc(OCc3ccccc3Cl)cc2)[nH]c1=O)NCCc1ccccn1. The third kappa shape index (κ3) is 6.97. The molecule has 2 N–H and O–H groups in total. The van der Waals surface area contributed by atoms with Gasteiger partial charge in [-0.1, -0.05) is 35.9 Å². The summed E-state index contributed by atoms with van der Waals surface area (Å²) in [5, 5.41) is 11.6. The number of pyridine rings is 1. The Hall–Kier alpha value is -4.04. The van der Waals surface area contributed by atoms with E-state index in [0.717, 1.165) is 11.3 Å². The van der Waals surface area contributed by atoms with Gasteiger partial charge in [0.05, 0.1) is 0 Å². The number of nitrogens with one attached hydrogen (secondary N) is 2. The number of nitrogens with zero attached hydrogens (tertiary/aromatic N) is 3. The number of rotatable bonds is 10. The number of aryl methyl sites for hydroxylation is 1.